The zero-order valence-corrected chi connectivity index (χ0v) is 11.9. The van der Waals surface area contributed by atoms with Crippen LogP contribution < -0.4 is 9.47 Å². The molecule has 0 aliphatic carbocycles. The Bertz CT molecular complexity index is 541. The molecule has 0 radical (unpaired) electrons. The molecule has 1 aromatic heterocycles. The number of thiophene rings is 1. The van der Waals surface area contributed by atoms with Crippen LogP contribution in [0, 0.1) is 5.92 Å². The Kier molecular flexibility index (Phi) is 3.52. The SMILES string of the molecule is COC(=O)C1CC(=O)N(Cc2scc3c2OCCO3)C1. The first-order chi connectivity index (χ1) is 9.69. The van der Waals surface area contributed by atoms with E-state index in [1.807, 2.05) is 5.38 Å². The minimum absolute atomic E-state index is 0.0284. The second-order valence-electron chi connectivity index (χ2n) is 4.75. The van der Waals surface area contributed by atoms with Gasteiger partial charge in [0.05, 0.1) is 24.4 Å². The monoisotopic (exact) mass is 297 g/mol. The number of fused-ring (bicyclic) bond motifs is 1. The lowest BCUT2D eigenvalue weighted by Crippen LogP contribution is -2.26. The number of nitrogens with zero attached hydrogens (tertiary/aromatic N) is 1. The van der Waals surface area contributed by atoms with Gasteiger partial charge in [-0.25, -0.2) is 0 Å². The fourth-order valence-electron chi connectivity index (χ4n) is 2.45. The Morgan fingerprint density at radius 2 is 2.30 bits per heavy atom. The quantitative estimate of drug-likeness (QED) is 0.780. The average Bonchev–Trinajstić information content (AvgIpc) is 3.04. The van der Waals surface area contributed by atoms with Crippen molar-refractivity contribution < 1.29 is 23.8 Å². The molecule has 0 spiro atoms. The largest absolute Gasteiger partial charge is 0.485 e. The van der Waals surface area contributed by atoms with Crippen molar-refractivity contribution in [1.29, 1.82) is 0 Å². The molecule has 20 heavy (non-hydrogen) atoms. The van der Waals surface area contributed by atoms with E-state index in [1.165, 1.54) is 18.4 Å². The van der Waals surface area contributed by atoms with E-state index in [4.69, 9.17) is 14.2 Å². The van der Waals surface area contributed by atoms with Crippen molar-refractivity contribution in [3.05, 3.63) is 10.3 Å². The zero-order chi connectivity index (χ0) is 14.1. The van der Waals surface area contributed by atoms with Gasteiger partial charge in [-0.1, -0.05) is 0 Å². The van der Waals surface area contributed by atoms with Gasteiger partial charge in [0.15, 0.2) is 11.5 Å². The minimum atomic E-state index is -0.361. The minimum Gasteiger partial charge on any atom is -0.485 e. The summed E-state index contributed by atoms with van der Waals surface area (Å²) < 4.78 is 15.8. The van der Waals surface area contributed by atoms with Crippen LogP contribution in [0.4, 0.5) is 0 Å². The van der Waals surface area contributed by atoms with E-state index in [1.54, 1.807) is 4.90 Å². The van der Waals surface area contributed by atoms with Crippen molar-refractivity contribution in [2.75, 3.05) is 26.9 Å². The first-order valence-corrected chi connectivity index (χ1v) is 7.28. The lowest BCUT2D eigenvalue weighted by Gasteiger charge is -2.19. The van der Waals surface area contributed by atoms with Gasteiger partial charge < -0.3 is 19.1 Å². The van der Waals surface area contributed by atoms with E-state index in [-0.39, 0.29) is 24.2 Å². The maximum absolute atomic E-state index is 12.0. The molecule has 1 unspecified atom stereocenters. The molecule has 3 rings (SSSR count). The van der Waals surface area contributed by atoms with Crippen molar-refractivity contribution in [2.24, 2.45) is 5.92 Å². The summed E-state index contributed by atoms with van der Waals surface area (Å²) in [5.74, 6) is 0.761. The van der Waals surface area contributed by atoms with Crippen LogP contribution in [0.2, 0.25) is 0 Å². The van der Waals surface area contributed by atoms with Crippen LogP contribution in [-0.2, 0) is 20.9 Å². The second kappa shape index (κ2) is 5.32. The molecule has 108 valence electrons. The number of amides is 1. The number of hydrogen-bond acceptors (Lipinski definition) is 6. The van der Waals surface area contributed by atoms with E-state index in [0.29, 0.717) is 26.3 Å². The molecule has 0 saturated carbocycles. The number of hydrogen-bond donors (Lipinski definition) is 0. The Morgan fingerprint density at radius 3 is 3.10 bits per heavy atom. The molecule has 0 aromatic carbocycles. The maximum atomic E-state index is 12.0. The highest BCUT2D eigenvalue weighted by Gasteiger charge is 2.36. The van der Waals surface area contributed by atoms with Gasteiger partial charge in [-0.15, -0.1) is 11.3 Å². The molecule has 7 heteroatoms. The van der Waals surface area contributed by atoms with Crippen LogP contribution >= 0.6 is 11.3 Å². The standard InChI is InChI=1S/C13H15NO5S/c1-17-13(16)8-4-11(15)14(5-8)6-10-12-9(7-20-10)18-2-3-19-12/h7-8H,2-6H2,1H3. The number of methoxy groups -OCH3 is 1. The summed E-state index contributed by atoms with van der Waals surface area (Å²) in [5.41, 5.74) is 0. The van der Waals surface area contributed by atoms with Crippen molar-refractivity contribution >= 4 is 23.2 Å². The van der Waals surface area contributed by atoms with E-state index < -0.39 is 0 Å². The second-order valence-corrected chi connectivity index (χ2v) is 5.71. The smallest absolute Gasteiger partial charge is 0.310 e. The third-order valence-electron chi connectivity index (χ3n) is 3.46. The topological polar surface area (TPSA) is 65.1 Å². The highest BCUT2D eigenvalue weighted by Crippen LogP contribution is 2.40. The molecule has 1 amide bonds. The molecule has 2 aliphatic heterocycles. The Hall–Kier alpha value is -1.76. The zero-order valence-electron chi connectivity index (χ0n) is 11.1. The number of carbonyl (C=O) groups is 2. The van der Waals surface area contributed by atoms with Crippen LogP contribution in [0.25, 0.3) is 0 Å². The number of esters is 1. The predicted molar refractivity (Wildman–Crippen MR) is 70.8 cm³/mol. The molecule has 1 fully saturated rings. The molecule has 2 aliphatic rings. The van der Waals surface area contributed by atoms with Gasteiger partial charge in [-0.3, -0.25) is 9.59 Å². The Morgan fingerprint density at radius 1 is 1.50 bits per heavy atom. The van der Waals surface area contributed by atoms with E-state index in [2.05, 4.69) is 0 Å². The van der Waals surface area contributed by atoms with Gasteiger partial charge in [0.2, 0.25) is 5.91 Å². The first kappa shape index (κ1) is 13.2. The van der Waals surface area contributed by atoms with Gasteiger partial charge in [0.1, 0.15) is 13.2 Å². The van der Waals surface area contributed by atoms with Crippen LogP contribution in [-0.4, -0.2) is 43.6 Å². The highest BCUT2D eigenvalue weighted by molar-refractivity contribution is 7.10. The fourth-order valence-corrected chi connectivity index (χ4v) is 3.37. The molecular formula is C13H15NO5S. The van der Waals surface area contributed by atoms with Crippen LogP contribution in [0.5, 0.6) is 11.5 Å². The van der Waals surface area contributed by atoms with Crippen LogP contribution in [0.1, 0.15) is 11.3 Å². The summed E-state index contributed by atoms with van der Waals surface area (Å²) in [6.07, 6.45) is 0.220. The Labute approximate surface area is 120 Å². The fraction of sp³-hybridized carbons (Fsp3) is 0.538. The third-order valence-corrected chi connectivity index (χ3v) is 4.39. The third kappa shape index (κ3) is 2.33. The van der Waals surface area contributed by atoms with E-state index in [9.17, 15) is 9.59 Å². The number of likely N-dealkylation sites (tertiary alicyclic amines) is 1. The molecule has 0 N–H and O–H groups in total. The molecular weight excluding hydrogens is 282 g/mol. The number of rotatable bonds is 3. The summed E-state index contributed by atoms with van der Waals surface area (Å²) >= 11 is 1.51. The van der Waals surface area contributed by atoms with Gasteiger partial charge in [0.25, 0.3) is 0 Å². The summed E-state index contributed by atoms with van der Waals surface area (Å²) in [6, 6.07) is 0. The summed E-state index contributed by atoms with van der Waals surface area (Å²) in [4.78, 5) is 26.1. The Balaban J connectivity index is 1.71. The maximum Gasteiger partial charge on any atom is 0.310 e. The van der Waals surface area contributed by atoms with Gasteiger partial charge >= 0.3 is 5.97 Å². The van der Waals surface area contributed by atoms with Crippen molar-refractivity contribution in [1.82, 2.24) is 4.90 Å². The highest BCUT2D eigenvalue weighted by atomic mass is 32.1. The molecule has 1 aromatic rings. The number of ether oxygens (including phenoxy) is 3. The van der Waals surface area contributed by atoms with Crippen molar-refractivity contribution in [3.63, 3.8) is 0 Å². The van der Waals surface area contributed by atoms with E-state index >= 15 is 0 Å². The first-order valence-electron chi connectivity index (χ1n) is 6.40. The summed E-state index contributed by atoms with van der Waals surface area (Å²) in [6.45, 7) is 1.93. The van der Waals surface area contributed by atoms with Gasteiger partial charge in [0, 0.05) is 18.3 Å². The number of carbonyl (C=O) groups excluding carboxylic acids is 2. The summed E-state index contributed by atoms with van der Waals surface area (Å²) in [5, 5.41) is 1.89. The normalized spacial score (nSPS) is 21.1. The lowest BCUT2D eigenvalue weighted by atomic mass is 10.1. The molecule has 1 saturated heterocycles. The lowest BCUT2D eigenvalue weighted by molar-refractivity contribution is -0.145. The predicted octanol–water partition coefficient (Wildman–Crippen LogP) is 1.04. The van der Waals surface area contributed by atoms with E-state index in [0.717, 1.165) is 16.4 Å². The van der Waals surface area contributed by atoms with Crippen molar-refractivity contribution in [3.8, 4) is 11.5 Å². The van der Waals surface area contributed by atoms with Gasteiger partial charge in [-0.05, 0) is 0 Å². The molecule has 1 atom stereocenters. The summed E-state index contributed by atoms with van der Waals surface area (Å²) in [7, 11) is 1.34. The average molecular weight is 297 g/mol. The molecule has 0 bridgehead atoms. The van der Waals surface area contributed by atoms with Crippen LogP contribution in [0.15, 0.2) is 5.38 Å². The molecule has 6 nitrogen and oxygen atoms in total. The molecule has 3 heterocycles. The van der Waals surface area contributed by atoms with Crippen LogP contribution in [0.3, 0.4) is 0 Å². The van der Waals surface area contributed by atoms with Gasteiger partial charge in [-0.2, -0.15) is 0 Å². The van der Waals surface area contributed by atoms with Crippen molar-refractivity contribution in [2.45, 2.75) is 13.0 Å².